The van der Waals surface area contributed by atoms with Crippen LogP contribution in [-0.4, -0.2) is 40.1 Å². The van der Waals surface area contributed by atoms with Gasteiger partial charge in [0.15, 0.2) is 16.7 Å². The predicted octanol–water partition coefficient (Wildman–Crippen LogP) is 9.02. The van der Waals surface area contributed by atoms with Gasteiger partial charge in [-0.25, -0.2) is 0 Å². The average Bonchev–Trinajstić information content (AvgIpc) is 3.16. The molecule has 0 saturated carbocycles. The SMILES string of the molecule is C=C/C=C\C(=C/C)N1C(=O)/C(=C/c2cc(Cl)c(OCc3cccc(C)c3)c(OCC)c2)C(=O)N=C1SCC(=O)NC(c1ccccc1)c1ccccc1. The van der Waals surface area contributed by atoms with Crippen molar-refractivity contribution in [1.29, 1.82) is 0 Å². The monoisotopic (exact) mass is 745 g/mol. The van der Waals surface area contributed by atoms with Crippen molar-refractivity contribution in [3.05, 3.63) is 172 Å². The maximum absolute atomic E-state index is 14.2. The number of hydrogen-bond donors (Lipinski definition) is 1. The molecule has 0 atom stereocenters. The molecule has 0 aliphatic carbocycles. The molecule has 8 nitrogen and oxygen atoms in total. The molecule has 0 saturated heterocycles. The lowest BCUT2D eigenvalue weighted by molar-refractivity contribution is -0.126. The van der Waals surface area contributed by atoms with Gasteiger partial charge in [0, 0.05) is 5.70 Å². The number of ether oxygens (including phenoxy) is 2. The Balaban J connectivity index is 1.42. The molecule has 0 fully saturated rings. The molecule has 10 heteroatoms. The van der Waals surface area contributed by atoms with Gasteiger partial charge in [0.1, 0.15) is 12.2 Å². The zero-order chi connectivity index (χ0) is 37.7. The number of thioether (sulfide) groups is 1. The maximum Gasteiger partial charge on any atom is 0.285 e. The number of amidine groups is 1. The summed E-state index contributed by atoms with van der Waals surface area (Å²) in [6.07, 6.45) is 8.07. The van der Waals surface area contributed by atoms with E-state index in [9.17, 15) is 14.4 Å². The number of carbonyl (C=O) groups excluding carboxylic acids is 3. The highest BCUT2D eigenvalue weighted by molar-refractivity contribution is 8.14. The van der Waals surface area contributed by atoms with E-state index in [1.165, 1.54) is 11.0 Å². The van der Waals surface area contributed by atoms with Crippen molar-refractivity contribution in [1.82, 2.24) is 10.2 Å². The van der Waals surface area contributed by atoms with E-state index in [0.29, 0.717) is 29.4 Å². The number of benzene rings is 4. The van der Waals surface area contributed by atoms with E-state index >= 15 is 0 Å². The van der Waals surface area contributed by atoms with Gasteiger partial charge in [0.05, 0.1) is 23.4 Å². The molecule has 270 valence electrons. The van der Waals surface area contributed by atoms with Crippen molar-refractivity contribution in [3.8, 4) is 11.5 Å². The number of rotatable bonds is 14. The van der Waals surface area contributed by atoms with Crippen LogP contribution in [0.5, 0.6) is 11.5 Å². The lowest BCUT2D eigenvalue weighted by Crippen LogP contribution is -2.42. The van der Waals surface area contributed by atoms with Gasteiger partial charge in [-0.2, -0.15) is 4.99 Å². The second kappa shape index (κ2) is 18.7. The van der Waals surface area contributed by atoms with Crippen molar-refractivity contribution in [3.63, 3.8) is 0 Å². The Morgan fingerprint density at radius 2 is 1.68 bits per heavy atom. The third-order valence-electron chi connectivity index (χ3n) is 8.02. The van der Waals surface area contributed by atoms with Crippen LogP contribution >= 0.6 is 23.4 Å². The van der Waals surface area contributed by atoms with Gasteiger partial charge >= 0.3 is 0 Å². The van der Waals surface area contributed by atoms with E-state index in [1.807, 2.05) is 98.8 Å². The molecular weight excluding hydrogens is 706 g/mol. The average molecular weight is 746 g/mol. The fourth-order valence-corrected chi connectivity index (χ4v) is 6.67. The van der Waals surface area contributed by atoms with Gasteiger partial charge in [0.2, 0.25) is 5.91 Å². The van der Waals surface area contributed by atoms with Crippen LogP contribution in [0.2, 0.25) is 5.02 Å². The van der Waals surface area contributed by atoms with Crippen LogP contribution in [0.4, 0.5) is 0 Å². The van der Waals surface area contributed by atoms with E-state index in [-0.39, 0.29) is 34.0 Å². The van der Waals surface area contributed by atoms with E-state index in [2.05, 4.69) is 16.9 Å². The Morgan fingerprint density at radius 1 is 0.981 bits per heavy atom. The summed E-state index contributed by atoms with van der Waals surface area (Å²) >= 11 is 7.71. The van der Waals surface area contributed by atoms with Crippen LogP contribution in [0.1, 0.15) is 47.7 Å². The van der Waals surface area contributed by atoms with Gasteiger partial charge in [-0.3, -0.25) is 19.3 Å². The highest BCUT2D eigenvalue weighted by Gasteiger charge is 2.35. The van der Waals surface area contributed by atoms with Crippen LogP contribution in [0, 0.1) is 6.92 Å². The minimum Gasteiger partial charge on any atom is -0.490 e. The third-order valence-corrected chi connectivity index (χ3v) is 9.24. The van der Waals surface area contributed by atoms with Gasteiger partial charge < -0.3 is 14.8 Å². The lowest BCUT2D eigenvalue weighted by Gasteiger charge is -2.28. The number of carbonyl (C=O) groups is 3. The minimum absolute atomic E-state index is 0.0676. The van der Waals surface area contributed by atoms with Crippen LogP contribution in [0.3, 0.4) is 0 Å². The minimum atomic E-state index is -0.752. The predicted molar refractivity (Wildman–Crippen MR) is 214 cm³/mol. The van der Waals surface area contributed by atoms with Crippen molar-refractivity contribution < 1.29 is 23.9 Å². The van der Waals surface area contributed by atoms with E-state index in [1.54, 1.807) is 43.4 Å². The first-order valence-corrected chi connectivity index (χ1v) is 18.4. The first-order chi connectivity index (χ1) is 25.7. The molecule has 4 aromatic carbocycles. The van der Waals surface area contributed by atoms with E-state index in [0.717, 1.165) is 34.0 Å². The summed E-state index contributed by atoms with van der Waals surface area (Å²) in [5, 5.41) is 3.42. The first kappa shape index (κ1) is 38.6. The van der Waals surface area contributed by atoms with Crippen LogP contribution < -0.4 is 14.8 Å². The van der Waals surface area contributed by atoms with Gasteiger partial charge in [-0.05, 0) is 67.3 Å². The zero-order valence-electron chi connectivity index (χ0n) is 29.8. The van der Waals surface area contributed by atoms with Crippen LogP contribution in [0.15, 0.2) is 144 Å². The van der Waals surface area contributed by atoms with Crippen molar-refractivity contribution in [2.24, 2.45) is 4.99 Å². The summed E-state index contributed by atoms with van der Waals surface area (Å²) < 4.78 is 12.0. The van der Waals surface area contributed by atoms with Crippen molar-refractivity contribution in [2.75, 3.05) is 12.4 Å². The van der Waals surface area contributed by atoms with Crippen molar-refractivity contribution >= 4 is 52.3 Å². The number of allylic oxidation sites excluding steroid dienone is 4. The molecule has 4 aromatic rings. The number of hydrogen-bond acceptors (Lipinski definition) is 6. The molecule has 53 heavy (non-hydrogen) atoms. The molecule has 3 amide bonds. The molecule has 0 spiro atoms. The van der Waals surface area contributed by atoms with Gasteiger partial charge in [-0.1, -0.05) is 139 Å². The first-order valence-electron chi connectivity index (χ1n) is 17.0. The maximum atomic E-state index is 14.2. The molecule has 1 aliphatic rings. The lowest BCUT2D eigenvalue weighted by atomic mass is 9.99. The highest BCUT2D eigenvalue weighted by atomic mass is 35.5. The van der Waals surface area contributed by atoms with Crippen LogP contribution in [-0.2, 0) is 21.0 Å². The summed E-state index contributed by atoms with van der Waals surface area (Å²) in [5.41, 5.74) is 4.60. The molecule has 1 heterocycles. The molecule has 0 bridgehead atoms. The number of halogens is 1. The van der Waals surface area contributed by atoms with Gasteiger partial charge in [0.25, 0.3) is 11.8 Å². The largest absolute Gasteiger partial charge is 0.490 e. The number of aryl methyl sites for hydroxylation is 1. The van der Waals surface area contributed by atoms with Gasteiger partial charge in [-0.15, -0.1) is 0 Å². The molecule has 1 aliphatic heterocycles. The Labute approximate surface area is 319 Å². The summed E-state index contributed by atoms with van der Waals surface area (Å²) in [6, 6.07) is 30.1. The Kier molecular flexibility index (Phi) is 13.6. The highest BCUT2D eigenvalue weighted by Crippen LogP contribution is 2.38. The number of amides is 3. The Hall–Kier alpha value is -5.64. The molecule has 0 unspecified atom stereocenters. The quantitative estimate of drug-likeness (QED) is 0.0787. The third kappa shape index (κ3) is 10.0. The van der Waals surface area contributed by atoms with Crippen molar-refractivity contribution in [2.45, 2.75) is 33.4 Å². The molecule has 5 rings (SSSR count). The number of nitrogens with one attached hydrogen (secondary N) is 1. The Bertz CT molecular complexity index is 2050. The molecule has 1 N–H and O–H groups in total. The molecule has 0 aromatic heterocycles. The normalized spacial score (nSPS) is 14.1. The second-order valence-electron chi connectivity index (χ2n) is 11.9. The molecular formula is C43H40ClN3O5S. The van der Waals surface area contributed by atoms with Crippen LogP contribution in [0.25, 0.3) is 6.08 Å². The second-order valence-corrected chi connectivity index (χ2v) is 13.2. The standard InChI is InChI=1S/C43H40ClN3O5S/c1-5-8-22-34(6-2)47-42(50)35(24-31-25-36(44)40(37(26-31)51-7-3)52-27-30-17-15-16-29(4)23-30)41(49)46-43(47)53-28-38(48)45-39(32-18-11-9-12-19-32)33-20-13-10-14-21-33/h5-6,8-26,39H,1,7,27-28H2,2-4H3,(H,45,48)/b22-8-,34-6+,35-24+. The van der Waals surface area contributed by atoms with E-state index < -0.39 is 17.9 Å². The fraction of sp³-hybridized carbons (Fsp3) is 0.163. The summed E-state index contributed by atoms with van der Waals surface area (Å²) in [4.78, 5) is 46.9. The summed E-state index contributed by atoms with van der Waals surface area (Å²) in [5.74, 6) is -1.06. The number of aliphatic imine (C=N–C) groups is 1. The zero-order valence-corrected chi connectivity index (χ0v) is 31.3. The number of nitrogens with zero attached hydrogens (tertiary/aromatic N) is 2. The molecule has 0 radical (unpaired) electrons. The topological polar surface area (TPSA) is 97.3 Å². The van der Waals surface area contributed by atoms with E-state index in [4.69, 9.17) is 21.1 Å². The summed E-state index contributed by atoms with van der Waals surface area (Å²) in [7, 11) is 0. The smallest absolute Gasteiger partial charge is 0.285 e. The fourth-order valence-electron chi connectivity index (χ4n) is 5.59. The Morgan fingerprint density at radius 3 is 2.30 bits per heavy atom. The summed E-state index contributed by atoms with van der Waals surface area (Å²) in [6.45, 7) is 9.94.